The van der Waals surface area contributed by atoms with E-state index in [9.17, 15) is 9.59 Å². The minimum atomic E-state index is -0.241. The number of hydrogen-bond donors (Lipinski definition) is 2. The number of rotatable bonds is 6. The van der Waals surface area contributed by atoms with E-state index in [1.54, 1.807) is 24.1 Å². The summed E-state index contributed by atoms with van der Waals surface area (Å²) in [4.78, 5) is 28.2. The van der Waals surface area contributed by atoms with Gasteiger partial charge in [-0.05, 0) is 55.3 Å². The number of carbonyl (C=O) groups excluding carboxylic acids is 2. The van der Waals surface area contributed by atoms with Crippen LogP contribution in [-0.4, -0.2) is 43.7 Å². The zero-order chi connectivity index (χ0) is 19.9. The number of benzene rings is 2. The monoisotopic (exact) mass is 382 g/mol. The number of nitrogens with zero attached hydrogens (tertiary/aromatic N) is 2. The minimum absolute atomic E-state index is 0.00787. The second-order valence-corrected chi connectivity index (χ2v) is 6.59. The molecule has 28 heavy (non-hydrogen) atoms. The molecule has 1 heterocycles. The van der Waals surface area contributed by atoms with E-state index in [1.807, 2.05) is 48.2 Å². The molecule has 7 heteroatoms. The van der Waals surface area contributed by atoms with Gasteiger partial charge in [0.25, 0.3) is 0 Å². The van der Waals surface area contributed by atoms with Gasteiger partial charge in [-0.2, -0.15) is 0 Å². The molecule has 0 bridgehead atoms. The summed E-state index contributed by atoms with van der Waals surface area (Å²) >= 11 is 0. The normalized spacial score (nSPS) is 14.0. The van der Waals surface area contributed by atoms with Crippen molar-refractivity contribution in [3.63, 3.8) is 0 Å². The summed E-state index contributed by atoms with van der Waals surface area (Å²) in [5.41, 5.74) is 2.58. The van der Waals surface area contributed by atoms with Crippen LogP contribution in [0.1, 0.15) is 18.9 Å². The van der Waals surface area contributed by atoms with Gasteiger partial charge in [0, 0.05) is 37.6 Å². The number of nitrogens with one attached hydrogen (secondary N) is 2. The van der Waals surface area contributed by atoms with Crippen molar-refractivity contribution in [1.82, 2.24) is 10.2 Å². The summed E-state index contributed by atoms with van der Waals surface area (Å²) in [6.45, 7) is 4.41. The number of carbonyl (C=O) groups is 2. The molecule has 1 aliphatic rings. The lowest BCUT2D eigenvalue weighted by molar-refractivity contribution is 0.192. The van der Waals surface area contributed by atoms with Crippen molar-refractivity contribution < 1.29 is 14.3 Å². The van der Waals surface area contributed by atoms with E-state index in [-0.39, 0.29) is 12.1 Å². The van der Waals surface area contributed by atoms with E-state index in [0.29, 0.717) is 25.3 Å². The Bertz CT molecular complexity index is 805. The number of amides is 4. The molecule has 2 aromatic rings. The van der Waals surface area contributed by atoms with Gasteiger partial charge in [-0.3, -0.25) is 4.90 Å². The first-order chi connectivity index (χ1) is 13.6. The average molecular weight is 382 g/mol. The predicted molar refractivity (Wildman–Crippen MR) is 110 cm³/mol. The van der Waals surface area contributed by atoms with Crippen molar-refractivity contribution >= 4 is 23.4 Å². The standard InChI is InChI=1S/C21H26N4O3/c1-3-22-20(26)23-17-7-9-18(10-8-17)25-14-4-13-24(21(25)27)15-16-5-11-19(28-2)12-6-16/h5-12H,3-4,13-15H2,1-2H3,(H2,22,23,26). The van der Waals surface area contributed by atoms with Crippen LogP contribution in [0.15, 0.2) is 48.5 Å². The largest absolute Gasteiger partial charge is 0.497 e. The Hall–Kier alpha value is -3.22. The first-order valence-electron chi connectivity index (χ1n) is 9.45. The van der Waals surface area contributed by atoms with Gasteiger partial charge < -0.3 is 20.3 Å². The van der Waals surface area contributed by atoms with Crippen LogP contribution in [0.3, 0.4) is 0 Å². The summed E-state index contributed by atoms with van der Waals surface area (Å²) < 4.78 is 5.18. The Balaban J connectivity index is 1.65. The SMILES string of the molecule is CCNC(=O)Nc1ccc(N2CCCN(Cc3ccc(OC)cc3)C2=O)cc1. The number of ether oxygens (including phenoxy) is 1. The van der Waals surface area contributed by atoms with E-state index in [0.717, 1.165) is 30.0 Å². The highest BCUT2D eigenvalue weighted by molar-refractivity contribution is 5.93. The lowest BCUT2D eigenvalue weighted by Crippen LogP contribution is -2.49. The zero-order valence-electron chi connectivity index (χ0n) is 16.3. The van der Waals surface area contributed by atoms with Crippen LogP contribution in [0, 0.1) is 0 Å². The molecule has 1 saturated heterocycles. The smallest absolute Gasteiger partial charge is 0.324 e. The van der Waals surface area contributed by atoms with Gasteiger partial charge in [0.05, 0.1) is 7.11 Å². The summed E-state index contributed by atoms with van der Waals surface area (Å²) in [6, 6.07) is 14.8. The highest BCUT2D eigenvalue weighted by Gasteiger charge is 2.26. The van der Waals surface area contributed by atoms with E-state index in [2.05, 4.69) is 10.6 Å². The molecule has 2 aromatic carbocycles. The molecule has 0 spiro atoms. The van der Waals surface area contributed by atoms with Crippen molar-refractivity contribution in [3.05, 3.63) is 54.1 Å². The van der Waals surface area contributed by atoms with Crippen molar-refractivity contribution in [2.45, 2.75) is 19.9 Å². The maximum absolute atomic E-state index is 12.9. The summed E-state index contributed by atoms with van der Waals surface area (Å²) in [6.07, 6.45) is 0.904. The third-order valence-electron chi connectivity index (χ3n) is 4.62. The zero-order valence-corrected chi connectivity index (χ0v) is 16.3. The Morgan fingerprint density at radius 2 is 1.79 bits per heavy atom. The van der Waals surface area contributed by atoms with Gasteiger partial charge in [-0.25, -0.2) is 9.59 Å². The third kappa shape index (κ3) is 4.73. The Labute approximate surface area is 165 Å². The highest BCUT2D eigenvalue weighted by Crippen LogP contribution is 2.23. The summed E-state index contributed by atoms with van der Waals surface area (Å²) in [7, 11) is 1.64. The van der Waals surface area contributed by atoms with Crippen LogP contribution < -0.4 is 20.3 Å². The maximum atomic E-state index is 12.9. The number of anilines is 2. The fourth-order valence-electron chi connectivity index (χ4n) is 3.18. The van der Waals surface area contributed by atoms with Gasteiger partial charge in [-0.15, -0.1) is 0 Å². The van der Waals surface area contributed by atoms with Crippen molar-refractivity contribution in [2.75, 3.05) is 37.0 Å². The van der Waals surface area contributed by atoms with Crippen LogP contribution in [0.4, 0.5) is 21.0 Å². The molecule has 0 aliphatic carbocycles. The van der Waals surface area contributed by atoms with Gasteiger partial charge in [0.15, 0.2) is 0 Å². The molecule has 0 unspecified atom stereocenters. The van der Waals surface area contributed by atoms with Crippen molar-refractivity contribution in [1.29, 1.82) is 0 Å². The van der Waals surface area contributed by atoms with Gasteiger partial charge in [0.2, 0.25) is 0 Å². The molecule has 1 aliphatic heterocycles. The summed E-state index contributed by atoms with van der Waals surface area (Å²) in [5, 5.41) is 5.45. The molecular weight excluding hydrogens is 356 g/mol. The first-order valence-corrected chi connectivity index (χ1v) is 9.45. The maximum Gasteiger partial charge on any atom is 0.324 e. The average Bonchev–Trinajstić information content (AvgIpc) is 2.71. The second kappa shape index (κ2) is 9.12. The van der Waals surface area contributed by atoms with Crippen LogP contribution >= 0.6 is 0 Å². The predicted octanol–water partition coefficient (Wildman–Crippen LogP) is 3.67. The molecular formula is C21H26N4O3. The Morgan fingerprint density at radius 1 is 1.07 bits per heavy atom. The van der Waals surface area contributed by atoms with Crippen LogP contribution in [0.25, 0.3) is 0 Å². The van der Waals surface area contributed by atoms with E-state index < -0.39 is 0 Å². The molecule has 3 rings (SSSR count). The van der Waals surface area contributed by atoms with Gasteiger partial charge >= 0.3 is 12.1 Å². The van der Waals surface area contributed by atoms with Crippen LogP contribution in [0.2, 0.25) is 0 Å². The van der Waals surface area contributed by atoms with Crippen LogP contribution in [-0.2, 0) is 6.54 Å². The van der Waals surface area contributed by atoms with Gasteiger partial charge in [-0.1, -0.05) is 12.1 Å². The fourth-order valence-corrected chi connectivity index (χ4v) is 3.18. The number of methoxy groups -OCH3 is 1. The second-order valence-electron chi connectivity index (χ2n) is 6.59. The molecule has 0 radical (unpaired) electrons. The number of hydrogen-bond acceptors (Lipinski definition) is 3. The topological polar surface area (TPSA) is 73.9 Å². The van der Waals surface area contributed by atoms with E-state index in [1.165, 1.54) is 0 Å². The lowest BCUT2D eigenvalue weighted by Gasteiger charge is -2.35. The molecule has 7 nitrogen and oxygen atoms in total. The molecule has 1 fully saturated rings. The van der Waals surface area contributed by atoms with Crippen molar-refractivity contribution in [3.8, 4) is 5.75 Å². The minimum Gasteiger partial charge on any atom is -0.497 e. The Morgan fingerprint density at radius 3 is 2.43 bits per heavy atom. The lowest BCUT2D eigenvalue weighted by atomic mass is 10.1. The molecule has 2 N–H and O–H groups in total. The molecule has 0 aromatic heterocycles. The van der Waals surface area contributed by atoms with E-state index >= 15 is 0 Å². The Kier molecular flexibility index (Phi) is 6.37. The third-order valence-corrected chi connectivity index (χ3v) is 4.62. The molecule has 0 atom stereocenters. The first kappa shape index (κ1) is 19.5. The number of urea groups is 2. The molecule has 4 amide bonds. The molecule has 0 saturated carbocycles. The van der Waals surface area contributed by atoms with E-state index in [4.69, 9.17) is 4.74 Å². The molecule has 148 valence electrons. The van der Waals surface area contributed by atoms with Crippen molar-refractivity contribution in [2.24, 2.45) is 0 Å². The fraction of sp³-hybridized carbons (Fsp3) is 0.333. The quantitative estimate of drug-likeness (QED) is 0.801. The summed E-state index contributed by atoms with van der Waals surface area (Å²) in [5.74, 6) is 0.802. The van der Waals surface area contributed by atoms with Gasteiger partial charge in [0.1, 0.15) is 5.75 Å². The highest BCUT2D eigenvalue weighted by atomic mass is 16.5. The van der Waals surface area contributed by atoms with Crippen LogP contribution in [0.5, 0.6) is 5.75 Å².